The Balaban J connectivity index is 0.00000441. The van der Waals surface area contributed by atoms with Crippen LogP contribution in [0.4, 0.5) is 4.39 Å². The van der Waals surface area contributed by atoms with Gasteiger partial charge >= 0.3 is 0 Å². The molecule has 8 heteroatoms. The number of carbonyl (C=O) groups excluding carboxylic acids is 1. The predicted molar refractivity (Wildman–Crippen MR) is 86.4 cm³/mol. The number of rotatable bonds is 8. The van der Waals surface area contributed by atoms with Crippen LogP contribution in [0.1, 0.15) is 13.8 Å². The molecule has 0 heterocycles. The summed E-state index contributed by atoms with van der Waals surface area (Å²) < 4.78 is 37.0. The SMILES string of the molecule is CCNCCNC(=O)C(C)CS(=O)(=O)c1ccc(F)cc1.Cl. The molecule has 1 aromatic rings. The van der Waals surface area contributed by atoms with Crippen molar-refractivity contribution in [2.24, 2.45) is 5.92 Å². The molecule has 1 atom stereocenters. The maximum absolute atomic E-state index is 12.8. The number of hydrogen-bond donors (Lipinski definition) is 2. The van der Waals surface area contributed by atoms with E-state index in [1.807, 2.05) is 6.92 Å². The van der Waals surface area contributed by atoms with Gasteiger partial charge in [0.25, 0.3) is 0 Å². The van der Waals surface area contributed by atoms with E-state index in [9.17, 15) is 17.6 Å². The first-order chi connectivity index (χ1) is 9.86. The molecule has 0 aliphatic heterocycles. The van der Waals surface area contributed by atoms with Crippen LogP contribution in [-0.4, -0.2) is 39.7 Å². The van der Waals surface area contributed by atoms with Crippen molar-refractivity contribution < 1.29 is 17.6 Å². The van der Waals surface area contributed by atoms with Gasteiger partial charge in [-0.15, -0.1) is 12.4 Å². The monoisotopic (exact) mass is 352 g/mol. The molecule has 0 spiro atoms. The molecule has 1 unspecified atom stereocenters. The highest BCUT2D eigenvalue weighted by Crippen LogP contribution is 2.15. The predicted octanol–water partition coefficient (Wildman–Crippen LogP) is 1.38. The molecule has 22 heavy (non-hydrogen) atoms. The number of sulfone groups is 1. The van der Waals surface area contributed by atoms with Crippen LogP contribution in [0.5, 0.6) is 0 Å². The first-order valence-electron chi connectivity index (χ1n) is 6.83. The van der Waals surface area contributed by atoms with Crippen LogP contribution >= 0.6 is 12.4 Å². The Morgan fingerprint density at radius 1 is 1.23 bits per heavy atom. The van der Waals surface area contributed by atoms with Gasteiger partial charge < -0.3 is 10.6 Å². The third-order valence-electron chi connectivity index (χ3n) is 2.94. The van der Waals surface area contributed by atoms with E-state index < -0.39 is 21.6 Å². The second-order valence-corrected chi connectivity index (χ2v) is 6.82. The molecule has 0 fully saturated rings. The molecule has 5 nitrogen and oxygen atoms in total. The summed E-state index contributed by atoms with van der Waals surface area (Å²) in [5.41, 5.74) is 0. The molecule has 0 saturated carbocycles. The Labute approximate surface area is 137 Å². The molecule has 0 bridgehead atoms. The molecule has 126 valence electrons. The lowest BCUT2D eigenvalue weighted by molar-refractivity contribution is -0.123. The molecule has 2 N–H and O–H groups in total. The van der Waals surface area contributed by atoms with Gasteiger partial charge in [-0.25, -0.2) is 12.8 Å². The van der Waals surface area contributed by atoms with E-state index in [4.69, 9.17) is 0 Å². The van der Waals surface area contributed by atoms with Crippen molar-refractivity contribution in [1.29, 1.82) is 0 Å². The van der Waals surface area contributed by atoms with Crippen LogP contribution in [0.25, 0.3) is 0 Å². The quantitative estimate of drug-likeness (QED) is 0.547. The summed E-state index contributed by atoms with van der Waals surface area (Å²) in [7, 11) is -3.60. The van der Waals surface area contributed by atoms with Gasteiger partial charge in [0, 0.05) is 19.0 Å². The highest BCUT2D eigenvalue weighted by Gasteiger charge is 2.23. The molecule has 0 aromatic heterocycles. The van der Waals surface area contributed by atoms with E-state index in [0.717, 1.165) is 18.7 Å². The summed E-state index contributed by atoms with van der Waals surface area (Å²) in [5.74, 6) is -1.77. The van der Waals surface area contributed by atoms with Crippen LogP contribution in [0.15, 0.2) is 29.2 Å². The van der Waals surface area contributed by atoms with Gasteiger partial charge in [0.1, 0.15) is 5.82 Å². The summed E-state index contributed by atoms with van der Waals surface area (Å²) in [6.07, 6.45) is 0. The number of nitrogens with one attached hydrogen (secondary N) is 2. The van der Waals surface area contributed by atoms with Crippen molar-refractivity contribution in [3.8, 4) is 0 Å². The van der Waals surface area contributed by atoms with E-state index in [2.05, 4.69) is 10.6 Å². The third-order valence-corrected chi connectivity index (χ3v) is 4.87. The summed E-state index contributed by atoms with van der Waals surface area (Å²) in [6.45, 7) is 5.42. The second kappa shape index (κ2) is 9.76. The van der Waals surface area contributed by atoms with Gasteiger partial charge in [0.15, 0.2) is 9.84 Å². The zero-order valence-corrected chi connectivity index (χ0v) is 14.3. The lowest BCUT2D eigenvalue weighted by Gasteiger charge is -2.13. The van der Waals surface area contributed by atoms with E-state index >= 15 is 0 Å². The Bertz CT molecular complexity index is 564. The molecule has 1 aromatic carbocycles. The van der Waals surface area contributed by atoms with Gasteiger partial charge in [0.05, 0.1) is 10.6 Å². The van der Waals surface area contributed by atoms with Gasteiger partial charge in [-0.05, 0) is 30.8 Å². The lowest BCUT2D eigenvalue weighted by atomic mass is 10.2. The second-order valence-electron chi connectivity index (χ2n) is 4.78. The minimum atomic E-state index is -3.60. The average molecular weight is 353 g/mol. The fraction of sp³-hybridized carbons (Fsp3) is 0.500. The normalized spacial score (nSPS) is 12.3. The number of carbonyl (C=O) groups is 1. The van der Waals surface area contributed by atoms with Crippen molar-refractivity contribution in [1.82, 2.24) is 10.6 Å². The summed E-state index contributed by atoms with van der Waals surface area (Å²) in [4.78, 5) is 11.8. The summed E-state index contributed by atoms with van der Waals surface area (Å²) in [6, 6.07) is 4.60. The molecule has 0 radical (unpaired) electrons. The van der Waals surface area contributed by atoms with Gasteiger partial charge in [-0.1, -0.05) is 13.8 Å². The largest absolute Gasteiger partial charge is 0.355 e. The first-order valence-corrected chi connectivity index (χ1v) is 8.48. The van der Waals surface area contributed by atoms with Crippen LogP contribution in [-0.2, 0) is 14.6 Å². The zero-order valence-electron chi connectivity index (χ0n) is 12.6. The van der Waals surface area contributed by atoms with E-state index in [1.165, 1.54) is 12.1 Å². The highest BCUT2D eigenvalue weighted by atomic mass is 35.5. The van der Waals surface area contributed by atoms with Crippen molar-refractivity contribution in [3.05, 3.63) is 30.1 Å². The van der Waals surface area contributed by atoms with Crippen molar-refractivity contribution in [2.45, 2.75) is 18.7 Å². The molecule has 0 aliphatic rings. The van der Waals surface area contributed by atoms with Crippen LogP contribution in [0.3, 0.4) is 0 Å². The van der Waals surface area contributed by atoms with Crippen molar-refractivity contribution in [3.63, 3.8) is 0 Å². The maximum Gasteiger partial charge on any atom is 0.223 e. The number of hydrogen-bond acceptors (Lipinski definition) is 4. The van der Waals surface area contributed by atoms with E-state index in [0.29, 0.717) is 13.1 Å². The molecule has 0 saturated heterocycles. The number of likely N-dealkylation sites (N-methyl/N-ethyl adjacent to an activating group) is 1. The Morgan fingerprint density at radius 3 is 2.36 bits per heavy atom. The first kappa shape index (κ1) is 20.8. The van der Waals surface area contributed by atoms with Crippen molar-refractivity contribution in [2.75, 3.05) is 25.4 Å². The Kier molecular flexibility index (Phi) is 9.24. The van der Waals surface area contributed by atoms with E-state index in [1.54, 1.807) is 6.92 Å². The molecular formula is C14H22ClFN2O3S. The van der Waals surface area contributed by atoms with Gasteiger partial charge in [0.2, 0.25) is 5.91 Å². The average Bonchev–Trinajstić information content (AvgIpc) is 2.43. The molecule has 1 amide bonds. The minimum Gasteiger partial charge on any atom is -0.355 e. The molecule has 1 rings (SSSR count). The fourth-order valence-corrected chi connectivity index (χ4v) is 3.32. The smallest absolute Gasteiger partial charge is 0.223 e. The van der Waals surface area contributed by atoms with Crippen molar-refractivity contribution >= 4 is 28.2 Å². The highest BCUT2D eigenvalue weighted by molar-refractivity contribution is 7.91. The van der Waals surface area contributed by atoms with Gasteiger partial charge in [-0.2, -0.15) is 0 Å². The van der Waals surface area contributed by atoms with E-state index in [-0.39, 0.29) is 29.0 Å². The van der Waals surface area contributed by atoms with Crippen LogP contribution in [0, 0.1) is 11.7 Å². The maximum atomic E-state index is 12.8. The number of halogens is 2. The minimum absolute atomic E-state index is 0. The molecular weight excluding hydrogens is 331 g/mol. The van der Waals surface area contributed by atoms with Crippen LogP contribution < -0.4 is 10.6 Å². The summed E-state index contributed by atoms with van der Waals surface area (Å²) >= 11 is 0. The van der Waals surface area contributed by atoms with Crippen LogP contribution in [0.2, 0.25) is 0 Å². The molecule has 0 aliphatic carbocycles. The Morgan fingerprint density at radius 2 is 1.82 bits per heavy atom. The standard InChI is InChI=1S/C14H21FN2O3S.ClH/c1-3-16-8-9-17-14(18)11(2)10-21(19,20)13-6-4-12(15)5-7-13;/h4-7,11,16H,3,8-10H2,1-2H3,(H,17,18);1H. The zero-order chi connectivity index (χ0) is 15.9. The topological polar surface area (TPSA) is 75.3 Å². The van der Waals surface area contributed by atoms with Gasteiger partial charge in [-0.3, -0.25) is 4.79 Å². The third kappa shape index (κ3) is 6.72. The Hall–Kier alpha value is -1.18. The summed E-state index contributed by atoms with van der Waals surface area (Å²) in [5, 5.41) is 5.73. The lowest BCUT2D eigenvalue weighted by Crippen LogP contribution is -2.37. The fourth-order valence-electron chi connectivity index (χ4n) is 1.77. The number of amides is 1. The number of benzene rings is 1.